The largest absolute Gasteiger partial charge is 0.493 e. The number of rotatable bonds is 6. The lowest BCUT2D eigenvalue weighted by atomic mass is 10.1. The van der Waals surface area contributed by atoms with Gasteiger partial charge in [0.05, 0.1) is 26.2 Å². The van der Waals surface area contributed by atoms with Crippen molar-refractivity contribution in [2.24, 2.45) is 0 Å². The Morgan fingerprint density at radius 1 is 1.07 bits per heavy atom. The monoisotopic (exact) mass is 412 g/mol. The van der Waals surface area contributed by atoms with Crippen LogP contribution in [0.4, 0.5) is 5.82 Å². The third-order valence-electron chi connectivity index (χ3n) is 5.48. The van der Waals surface area contributed by atoms with Crippen LogP contribution in [0, 0.1) is 0 Å². The number of para-hydroxylation sites is 1. The highest BCUT2D eigenvalue weighted by Gasteiger charge is 2.20. The number of hydrogen-bond donors (Lipinski definition) is 1. The number of nitrogen functional groups attached to an aromatic ring is 1. The molecule has 4 rings (SSSR count). The van der Waals surface area contributed by atoms with Gasteiger partial charge in [-0.05, 0) is 44.4 Å². The van der Waals surface area contributed by atoms with Crippen molar-refractivity contribution in [2.75, 3.05) is 27.0 Å². The molecule has 2 heterocycles. The molecule has 0 fully saturated rings. The number of benzene rings is 1. The zero-order chi connectivity index (χ0) is 20.4. The quantitative estimate of drug-likeness (QED) is 0.612. The van der Waals surface area contributed by atoms with Crippen LogP contribution in [0.5, 0.6) is 11.5 Å². The zero-order valence-corrected chi connectivity index (χ0v) is 18.1. The molecule has 0 bridgehead atoms. The molecule has 0 saturated heterocycles. The molecular weight excluding hydrogens is 384 g/mol. The minimum absolute atomic E-state index is 0.614. The number of aromatic nitrogens is 2. The Morgan fingerprint density at radius 3 is 2.69 bits per heavy atom. The van der Waals surface area contributed by atoms with Crippen molar-refractivity contribution < 1.29 is 9.47 Å². The number of anilines is 1. The van der Waals surface area contributed by atoms with Crippen molar-refractivity contribution in [3.63, 3.8) is 0 Å². The van der Waals surface area contributed by atoms with Gasteiger partial charge in [-0.25, -0.2) is 9.97 Å². The molecule has 1 aliphatic rings. The highest BCUT2D eigenvalue weighted by atomic mass is 32.1. The van der Waals surface area contributed by atoms with Gasteiger partial charge in [0, 0.05) is 17.0 Å². The Balaban J connectivity index is 1.57. The molecular formula is C22H28N4O2S. The second kappa shape index (κ2) is 8.55. The van der Waals surface area contributed by atoms with E-state index in [1.807, 2.05) is 25.2 Å². The van der Waals surface area contributed by atoms with Crippen molar-refractivity contribution in [2.45, 2.75) is 45.2 Å². The minimum atomic E-state index is 0.614. The fraction of sp³-hybridized carbons (Fsp3) is 0.455. The molecule has 0 unspecified atom stereocenters. The van der Waals surface area contributed by atoms with E-state index in [1.165, 1.54) is 29.7 Å². The minimum Gasteiger partial charge on any atom is -0.493 e. The molecule has 0 spiro atoms. The number of fused-ring (bicyclic) bond motifs is 3. The van der Waals surface area contributed by atoms with Crippen molar-refractivity contribution in [3.05, 3.63) is 40.0 Å². The van der Waals surface area contributed by atoms with E-state index >= 15 is 0 Å². The average Bonchev–Trinajstić information content (AvgIpc) is 2.89. The standard InChI is InChI=1S/C22H28N4O2S/c1-26(12-14-8-7-10-16(27-2)20(14)28-3)13-18-24-21(23)19-15-9-5-4-6-11-17(15)29-22(19)25-18/h7-8,10H,4-6,9,11-13H2,1-3H3,(H2,23,24,25). The second-order valence-corrected chi connectivity index (χ2v) is 8.68. The molecule has 154 valence electrons. The van der Waals surface area contributed by atoms with E-state index in [9.17, 15) is 0 Å². The van der Waals surface area contributed by atoms with E-state index in [4.69, 9.17) is 20.2 Å². The van der Waals surface area contributed by atoms with E-state index in [2.05, 4.69) is 9.88 Å². The molecule has 0 radical (unpaired) electrons. The molecule has 2 aromatic heterocycles. The van der Waals surface area contributed by atoms with Crippen LogP contribution in [0.1, 0.15) is 41.1 Å². The van der Waals surface area contributed by atoms with Crippen molar-refractivity contribution >= 4 is 27.4 Å². The summed E-state index contributed by atoms with van der Waals surface area (Å²) in [7, 11) is 5.37. The van der Waals surface area contributed by atoms with Crippen molar-refractivity contribution in [1.29, 1.82) is 0 Å². The fourth-order valence-corrected chi connectivity index (χ4v) is 5.43. The highest BCUT2D eigenvalue weighted by molar-refractivity contribution is 7.19. The lowest BCUT2D eigenvalue weighted by molar-refractivity contribution is 0.297. The Kier molecular flexibility index (Phi) is 5.87. The highest BCUT2D eigenvalue weighted by Crippen LogP contribution is 2.37. The summed E-state index contributed by atoms with van der Waals surface area (Å²) >= 11 is 1.80. The van der Waals surface area contributed by atoms with Gasteiger partial charge in [-0.15, -0.1) is 11.3 Å². The average molecular weight is 413 g/mol. The first-order chi connectivity index (χ1) is 14.1. The summed E-state index contributed by atoms with van der Waals surface area (Å²) in [6.45, 7) is 1.31. The van der Waals surface area contributed by atoms with Gasteiger partial charge in [0.25, 0.3) is 0 Å². The van der Waals surface area contributed by atoms with Crippen LogP contribution in [0.15, 0.2) is 18.2 Å². The maximum atomic E-state index is 6.39. The molecule has 0 saturated carbocycles. The van der Waals surface area contributed by atoms with Gasteiger partial charge < -0.3 is 15.2 Å². The number of thiophene rings is 1. The first-order valence-corrected chi connectivity index (χ1v) is 10.9. The van der Waals surface area contributed by atoms with Crippen LogP contribution in [0.3, 0.4) is 0 Å². The second-order valence-electron chi connectivity index (χ2n) is 7.59. The Morgan fingerprint density at radius 2 is 1.90 bits per heavy atom. The Bertz CT molecular complexity index is 1020. The summed E-state index contributed by atoms with van der Waals surface area (Å²) in [6, 6.07) is 5.93. The zero-order valence-electron chi connectivity index (χ0n) is 17.3. The first kappa shape index (κ1) is 19.9. The SMILES string of the molecule is COc1cccc(CN(C)Cc2nc(N)c3c4c(sc3n2)CCCCC4)c1OC. The van der Waals surface area contributed by atoms with Gasteiger partial charge in [-0.2, -0.15) is 0 Å². The van der Waals surface area contributed by atoms with Crippen molar-refractivity contribution in [3.8, 4) is 11.5 Å². The molecule has 7 heteroatoms. The van der Waals surface area contributed by atoms with E-state index in [1.54, 1.807) is 25.6 Å². The van der Waals surface area contributed by atoms with E-state index < -0.39 is 0 Å². The van der Waals surface area contributed by atoms with Gasteiger partial charge >= 0.3 is 0 Å². The van der Waals surface area contributed by atoms with Crippen LogP contribution in [-0.2, 0) is 25.9 Å². The number of ether oxygens (including phenoxy) is 2. The lowest BCUT2D eigenvalue weighted by Crippen LogP contribution is -2.19. The Hall–Kier alpha value is -2.38. The maximum absolute atomic E-state index is 6.39. The number of methoxy groups -OCH3 is 2. The van der Waals surface area contributed by atoms with Gasteiger partial charge in [-0.3, -0.25) is 4.90 Å². The number of hydrogen-bond acceptors (Lipinski definition) is 7. The molecule has 29 heavy (non-hydrogen) atoms. The van der Waals surface area contributed by atoms with Gasteiger partial charge in [-0.1, -0.05) is 18.6 Å². The van der Waals surface area contributed by atoms with E-state index in [-0.39, 0.29) is 0 Å². The predicted molar refractivity (Wildman–Crippen MR) is 118 cm³/mol. The topological polar surface area (TPSA) is 73.5 Å². The van der Waals surface area contributed by atoms with Crippen LogP contribution >= 0.6 is 11.3 Å². The van der Waals surface area contributed by atoms with E-state index in [0.29, 0.717) is 18.9 Å². The van der Waals surface area contributed by atoms with Gasteiger partial charge in [0.2, 0.25) is 0 Å². The third kappa shape index (κ3) is 4.02. The first-order valence-electron chi connectivity index (χ1n) is 10.1. The van der Waals surface area contributed by atoms with Crippen LogP contribution in [-0.4, -0.2) is 36.1 Å². The summed E-state index contributed by atoms with van der Waals surface area (Å²) in [5.74, 6) is 2.88. The van der Waals surface area contributed by atoms with Crippen LogP contribution in [0.25, 0.3) is 10.2 Å². The molecule has 0 aliphatic heterocycles. The fourth-order valence-electron chi connectivity index (χ4n) is 4.15. The van der Waals surface area contributed by atoms with Crippen LogP contribution < -0.4 is 15.2 Å². The molecule has 2 N–H and O–H groups in total. The summed E-state index contributed by atoms with van der Waals surface area (Å²) in [5, 5.41) is 1.09. The predicted octanol–water partition coefficient (Wildman–Crippen LogP) is 4.19. The van der Waals surface area contributed by atoms with Gasteiger partial charge in [0.15, 0.2) is 11.5 Å². The molecule has 6 nitrogen and oxygen atoms in total. The molecule has 1 aliphatic carbocycles. The molecule has 0 amide bonds. The summed E-state index contributed by atoms with van der Waals surface area (Å²) in [6.07, 6.45) is 6.01. The van der Waals surface area contributed by atoms with E-state index in [0.717, 1.165) is 45.9 Å². The smallest absolute Gasteiger partial charge is 0.165 e. The van der Waals surface area contributed by atoms with Gasteiger partial charge in [0.1, 0.15) is 16.5 Å². The molecule has 1 aromatic carbocycles. The maximum Gasteiger partial charge on any atom is 0.165 e. The number of nitrogens with two attached hydrogens (primary N) is 1. The lowest BCUT2D eigenvalue weighted by Gasteiger charge is -2.19. The number of nitrogens with zero attached hydrogens (tertiary/aromatic N) is 3. The normalized spacial score (nSPS) is 14.1. The van der Waals surface area contributed by atoms with Crippen LogP contribution in [0.2, 0.25) is 0 Å². The summed E-state index contributed by atoms with van der Waals surface area (Å²) in [4.78, 5) is 14.2. The number of aryl methyl sites for hydroxylation is 2. The third-order valence-corrected chi connectivity index (χ3v) is 6.66. The molecule has 3 aromatic rings. The summed E-state index contributed by atoms with van der Waals surface area (Å²) in [5.41, 5.74) is 8.84. The Labute approximate surface area is 175 Å². The van der Waals surface area contributed by atoms with Crippen molar-refractivity contribution in [1.82, 2.24) is 14.9 Å². The molecule has 0 atom stereocenters. The summed E-state index contributed by atoms with van der Waals surface area (Å²) < 4.78 is 11.0.